The molecule has 1 atom stereocenters. The van der Waals surface area contributed by atoms with Gasteiger partial charge in [-0.3, -0.25) is 4.79 Å². The molecule has 2 aromatic carbocycles. The minimum Gasteiger partial charge on any atom is -0.398 e. The normalized spacial score (nSPS) is 19.1. The monoisotopic (exact) mass is 500 g/mol. The van der Waals surface area contributed by atoms with Crippen LogP contribution in [0.3, 0.4) is 0 Å². The molecule has 2 fully saturated rings. The van der Waals surface area contributed by atoms with E-state index in [9.17, 15) is 18.0 Å². The number of piperidine rings is 1. The molecule has 2 aliphatic rings. The van der Waals surface area contributed by atoms with Crippen LogP contribution in [0.15, 0.2) is 22.1 Å². The van der Waals surface area contributed by atoms with Gasteiger partial charge in [0.1, 0.15) is 17.5 Å². The lowest BCUT2D eigenvalue weighted by Gasteiger charge is -2.31. The second-order valence-corrected chi connectivity index (χ2v) is 10.8. The smallest absolute Gasteiger partial charge is 0.240 e. The lowest BCUT2D eigenvalue weighted by molar-refractivity contribution is -0.107. The first-order chi connectivity index (χ1) is 16.7. The fraction of sp³-hybridized carbons (Fsp3) is 0.458. The fourth-order valence-corrected chi connectivity index (χ4v) is 6.69. The van der Waals surface area contributed by atoms with Crippen LogP contribution in [0.4, 0.5) is 11.4 Å². The summed E-state index contributed by atoms with van der Waals surface area (Å²) in [5.74, 6) is 4.94. The molecule has 0 saturated carbocycles. The van der Waals surface area contributed by atoms with Gasteiger partial charge in [0.15, 0.2) is 5.78 Å². The largest absolute Gasteiger partial charge is 0.398 e. The Morgan fingerprint density at radius 1 is 1.20 bits per heavy atom. The molecule has 0 radical (unpaired) electrons. The molecular weight excluding hydrogens is 468 g/mol. The second-order valence-electron chi connectivity index (χ2n) is 9.30. The Morgan fingerprint density at radius 3 is 2.54 bits per heavy atom. The predicted octanol–water partition coefficient (Wildman–Crippen LogP) is 1.52. The van der Waals surface area contributed by atoms with E-state index in [2.05, 4.69) is 5.10 Å². The molecule has 2 aliphatic heterocycles. The summed E-state index contributed by atoms with van der Waals surface area (Å²) in [6, 6.07) is 3.32. The van der Waals surface area contributed by atoms with Crippen LogP contribution in [0.1, 0.15) is 47.2 Å². The van der Waals surface area contributed by atoms with Crippen LogP contribution in [0.25, 0.3) is 10.8 Å². The summed E-state index contributed by atoms with van der Waals surface area (Å²) in [5.41, 5.74) is 8.78. The second kappa shape index (κ2) is 9.82. The van der Waals surface area contributed by atoms with E-state index in [4.69, 9.17) is 16.7 Å². The van der Waals surface area contributed by atoms with E-state index in [0.29, 0.717) is 64.8 Å². The number of anilines is 2. The molecule has 2 heterocycles. The molecule has 0 spiro atoms. The van der Waals surface area contributed by atoms with Crippen LogP contribution in [0.2, 0.25) is 0 Å². The molecule has 188 valence electrons. The van der Waals surface area contributed by atoms with Crippen molar-refractivity contribution in [2.24, 2.45) is 22.0 Å². The molecule has 0 amide bonds. The highest BCUT2D eigenvalue weighted by Gasteiger charge is 2.32. The van der Waals surface area contributed by atoms with E-state index >= 15 is 0 Å². The van der Waals surface area contributed by atoms with Crippen molar-refractivity contribution in [3.8, 4) is 0 Å². The van der Waals surface area contributed by atoms with Crippen molar-refractivity contribution < 1.29 is 18.0 Å². The topological polar surface area (TPSA) is 165 Å². The van der Waals surface area contributed by atoms with Crippen molar-refractivity contribution in [2.45, 2.75) is 43.9 Å². The van der Waals surface area contributed by atoms with Crippen LogP contribution in [0.5, 0.6) is 0 Å². The van der Waals surface area contributed by atoms with Crippen molar-refractivity contribution in [1.29, 1.82) is 0 Å². The van der Waals surface area contributed by atoms with E-state index < -0.39 is 10.0 Å². The maximum atomic E-state index is 13.5. The van der Waals surface area contributed by atoms with E-state index in [1.165, 1.54) is 6.34 Å². The highest BCUT2D eigenvalue weighted by molar-refractivity contribution is 7.89. The number of carbonyl (C=O) groups is 2. The Labute approximate surface area is 205 Å². The third-order valence-electron chi connectivity index (χ3n) is 7.10. The SMILES string of the molecule is Cc1c(N2CCCC2)c(S(N)(=O)=O)c(CC=O)c2ccc(C(=O)C3CCCN(C=NN)C3)c(N)c12. The number of hydrazone groups is 1. The Balaban J connectivity index is 1.94. The summed E-state index contributed by atoms with van der Waals surface area (Å²) in [6.45, 7) is 4.43. The van der Waals surface area contributed by atoms with Gasteiger partial charge >= 0.3 is 0 Å². The van der Waals surface area contributed by atoms with Crippen molar-refractivity contribution in [1.82, 2.24) is 4.90 Å². The van der Waals surface area contributed by atoms with E-state index in [1.807, 2.05) is 9.80 Å². The van der Waals surface area contributed by atoms with Gasteiger partial charge in [-0.2, -0.15) is 5.10 Å². The third kappa shape index (κ3) is 4.57. The molecule has 2 aromatic rings. The number of nitrogens with zero attached hydrogens (tertiary/aromatic N) is 3. The molecule has 35 heavy (non-hydrogen) atoms. The van der Waals surface area contributed by atoms with Crippen molar-refractivity contribution in [2.75, 3.05) is 36.8 Å². The molecule has 1 unspecified atom stereocenters. The lowest BCUT2D eigenvalue weighted by atomic mass is 9.86. The molecule has 4 rings (SSSR count). The summed E-state index contributed by atoms with van der Waals surface area (Å²) < 4.78 is 25.6. The van der Waals surface area contributed by atoms with Crippen molar-refractivity contribution in [3.05, 3.63) is 28.8 Å². The Morgan fingerprint density at radius 2 is 1.91 bits per heavy atom. The van der Waals surface area contributed by atoms with Crippen LogP contribution >= 0.6 is 0 Å². The lowest BCUT2D eigenvalue weighted by Crippen LogP contribution is -2.38. The number of Topliss-reactive ketones (excluding diaryl/α,β-unsaturated/α-hetero) is 1. The number of hydrogen-bond donors (Lipinski definition) is 3. The van der Waals surface area contributed by atoms with Gasteiger partial charge in [0.2, 0.25) is 10.0 Å². The first-order valence-corrected chi connectivity index (χ1v) is 13.3. The number of primary sulfonamides is 1. The first-order valence-electron chi connectivity index (χ1n) is 11.8. The van der Waals surface area contributed by atoms with Crippen LogP contribution in [-0.2, 0) is 21.2 Å². The zero-order valence-electron chi connectivity index (χ0n) is 19.9. The molecule has 0 aromatic heterocycles. The minimum absolute atomic E-state index is 0.0287. The summed E-state index contributed by atoms with van der Waals surface area (Å²) >= 11 is 0. The summed E-state index contributed by atoms with van der Waals surface area (Å²) in [4.78, 5) is 29.0. The Kier molecular flexibility index (Phi) is 7.00. The van der Waals surface area contributed by atoms with E-state index in [-0.39, 0.29) is 23.0 Å². The number of fused-ring (bicyclic) bond motifs is 1. The highest BCUT2D eigenvalue weighted by Crippen LogP contribution is 2.43. The minimum atomic E-state index is -4.14. The number of carbonyl (C=O) groups excluding carboxylic acids is 2. The molecule has 6 N–H and O–H groups in total. The summed E-state index contributed by atoms with van der Waals surface area (Å²) in [7, 11) is -4.14. The van der Waals surface area contributed by atoms with Gasteiger partial charge < -0.3 is 26.2 Å². The van der Waals surface area contributed by atoms with Crippen LogP contribution < -0.4 is 21.6 Å². The maximum absolute atomic E-state index is 13.5. The number of sulfonamides is 1. The van der Waals surface area contributed by atoms with Crippen molar-refractivity contribution in [3.63, 3.8) is 0 Å². The number of rotatable bonds is 7. The number of likely N-dealkylation sites (tertiary alicyclic amines) is 1. The zero-order chi connectivity index (χ0) is 25.3. The molecule has 0 aliphatic carbocycles. The Bertz CT molecular complexity index is 1300. The van der Waals surface area contributed by atoms with Gasteiger partial charge in [-0.25, -0.2) is 13.6 Å². The maximum Gasteiger partial charge on any atom is 0.240 e. The zero-order valence-corrected chi connectivity index (χ0v) is 20.7. The van der Waals surface area contributed by atoms with Gasteiger partial charge in [0.05, 0.1) is 11.4 Å². The number of nitrogens with two attached hydrogens (primary N) is 3. The fourth-order valence-electron chi connectivity index (χ4n) is 5.60. The van der Waals surface area contributed by atoms with E-state index in [1.54, 1.807) is 19.1 Å². The standard InChI is InChI=1S/C24H32N6O4S/c1-15-20-17(18(8-12-31)24(35(27,33)34)22(15)30-10-2-3-11-30)6-7-19(21(20)25)23(32)16-5-4-9-29(13-16)14-28-26/h6-7,12,14,16H,2-5,8-11,13,25-26H2,1H3,(H2,27,33,34). The number of ketones is 1. The van der Waals surface area contributed by atoms with E-state index in [0.717, 1.165) is 32.2 Å². The van der Waals surface area contributed by atoms with Crippen molar-refractivity contribution >= 4 is 50.6 Å². The molecular formula is C24H32N6O4S. The molecule has 2 saturated heterocycles. The molecule has 0 bridgehead atoms. The van der Waals surface area contributed by atoms with Crippen LogP contribution in [-0.4, -0.2) is 57.9 Å². The highest BCUT2D eigenvalue weighted by atomic mass is 32.2. The number of aryl methyl sites for hydroxylation is 1. The van der Waals surface area contributed by atoms with Crippen LogP contribution in [0, 0.1) is 12.8 Å². The average molecular weight is 501 g/mol. The predicted molar refractivity (Wildman–Crippen MR) is 137 cm³/mol. The third-order valence-corrected chi connectivity index (χ3v) is 8.11. The molecule has 10 nitrogen and oxygen atoms in total. The number of benzene rings is 2. The summed E-state index contributed by atoms with van der Waals surface area (Å²) in [6.07, 6.45) is 5.46. The summed E-state index contributed by atoms with van der Waals surface area (Å²) in [5, 5.41) is 10.4. The van der Waals surface area contributed by atoms with Gasteiger partial charge in [-0.1, -0.05) is 6.07 Å². The molecule has 11 heteroatoms. The van der Waals surface area contributed by atoms with Gasteiger partial charge in [0.25, 0.3) is 0 Å². The number of nitrogen functional groups attached to an aromatic ring is 1. The number of hydrogen-bond acceptors (Lipinski definition) is 8. The van der Waals surface area contributed by atoms with Gasteiger partial charge in [-0.05, 0) is 55.2 Å². The number of aldehydes is 1. The van der Waals surface area contributed by atoms with Gasteiger partial charge in [0, 0.05) is 49.5 Å². The van der Waals surface area contributed by atoms with Gasteiger partial charge in [-0.15, -0.1) is 0 Å². The quantitative estimate of drug-likeness (QED) is 0.0979. The Hall–Kier alpha value is -3.18. The average Bonchev–Trinajstić information content (AvgIpc) is 3.34. The first kappa shape index (κ1) is 24.9.